The predicted octanol–water partition coefficient (Wildman–Crippen LogP) is 3.45. The number of nitrogens with one attached hydrogen (secondary N) is 1. The Bertz CT molecular complexity index is 69.1. The van der Waals surface area contributed by atoms with Gasteiger partial charge in [0.1, 0.15) is 0 Å². The van der Waals surface area contributed by atoms with Crippen LogP contribution in [0.3, 0.4) is 0 Å². The van der Waals surface area contributed by atoms with Crippen molar-refractivity contribution in [3.8, 4) is 0 Å². The lowest BCUT2D eigenvalue weighted by Gasteiger charge is -1.86. The lowest BCUT2D eigenvalue weighted by Crippen LogP contribution is -2.01. The van der Waals surface area contributed by atoms with Gasteiger partial charge in [0.25, 0.3) is 0 Å². The van der Waals surface area contributed by atoms with Gasteiger partial charge in [-0.15, -0.1) is 0 Å². The summed E-state index contributed by atoms with van der Waals surface area (Å²) in [5.41, 5.74) is 0.750. The number of rotatable bonds is 1. The third-order valence-electron chi connectivity index (χ3n) is 1.60. The molecule has 0 bridgehead atoms. The molecule has 1 aliphatic rings. The predicted molar refractivity (Wildman–Crippen MR) is 58.6 cm³/mol. The van der Waals surface area contributed by atoms with Crippen LogP contribution in [-0.2, 0) is 0 Å². The van der Waals surface area contributed by atoms with Crippen molar-refractivity contribution < 1.29 is 0 Å². The first kappa shape index (κ1) is 14.5. The maximum atomic E-state index is 2.93. The summed E-state index contributed by atoms with van der Waals surface area (Å²) in [7, 11) is 1.93. The summed E-state index contributed by atoms with van der Waals surface area (Å²) in [5, 5.41) is 2.93. The van der Waals surface area contributed by atoms with E-state index in [1.54, 1.807) is 0 Å². The molecule has 1 aliphatic carbocycles. The molecule has 0 atom stereocenters. The first-order valence-corrected chi connectivity index (χ1v) is 5.18. The molecule has 0 aromatic rings. The number of hydrogen-bond acceptors (Lipinski definition) is 1. The van der Waals surface area contributed by atoms with Crippen molar-refractivity contribution in [3.05, 3.63) is 0 Å². The van der Waals surface area contributed by atoms with Gasteiger partial charge in [-0.05, 0) is 31.8 Å². The van der Waals surface area contributed by atoms with Gasteiger partial charge in [-0.1, -0.05) is 41.0 Å². The Morgan fingerprint density at radius 3 is 1.25 bits per heavy atom. The van der Waals surface area contributed by atoms with Crippen LogP contribution in [0.5, 0.6) is 0 Å². The SMILES string of the molecule is CC1(C)CC1.CCC.CCNC. The molecule has 1 heteroatoms. The summed E-state index contributed by atoms with van der Waals surface area (Å²) in [6.45, 7) is 12.0. The second-order valence-electron chi connectivity index (χ2n) is 4.08. The molecule has 1 nitrogen and oxygen atoms in total. The summed E-state index contributed by atoms with van der Waals surface area (Å²) in [5.74, 6) is 0. The average molecular weight is 173 g/mol. The van der Waals surface area contributed by atoms with E-state index in [9.17, 15) is 0 Å². The highest BCUT2D eigenvalue weighted by Crippen LogP contribution is 2.43. The molecule has 0 aromatic carbocycles. The average Bonchev–Trinajstić information content (AvgIpc) is 2.68. The molecule has 0 radical (unpaired) electrons. The van der Waals surface area contributed by atoms with E-state index in [2.05, 4.69) is 39.9 Å². The Hall–Kier alpha value is -0.0400. The van der Waals surface area contributed by atoms with Crippen LogP contribution in [0.4, 0.5) is 0 Å². The highest BCUT2D eigenvalue weighted by molar-refractivity contribution is 4.82. The van der Waals surface area contributed by atoms with E-state index in [4.69, 9.17) is 0 Å². The van der Waals surface area contributed by atoms with Crippen molar-refractivity contribution >= 4 is 0 Å². The smallest absolute Gasteiger partial charge is 0.00804 e. The van der Waals surface area contributed by atoms with E-state index in [0.717, 1.165) is 12.0 Å². The maximum absolute atomic E-state index is 2.93. The van der Waals surface area contributed by atoms with Gasteiger partial charge in [-0.25, -0.2) is 0 Å². The molecule has 76 valence electrons. The molecule has 1 rings (SSSR count). The molecular formula is C11H27N. The molecule has 0 aromatic heterocycles. The van der Waals surface area contributed by atoms with E-state index >= 15 is 0 Å². The molecule has 0 spiro atoms. The van der Waals surface area contributed by atoms with Crippen molar-refractivity contribution in [2.75, 3.05) is 13.6 Å². The Labute approximate surface area is 78.9 Å². The molecule has 0 saturated heterocycles. The monoisotopic (exact) mass is 173 g/mol. The van der Waals surface area contributed by atoms with Crippen LogP contribution >= 0.6 is 0 Å². The van der Waals surface area contributed by atoms with Crippen LogP contribution in [0.1, 0.15) is 53.9 Å². The van der Waals surface area contributed by atoms with Crippen LogP contribution in [-0.4, -0.2) is 13.6 Å². The third-order valence-corrected chi connectivity index (χ3v) is 1.60. The van der Waals surface area contributed by atoms with Crippen molar-refractivity contribution in [2.24, 2.45) is 5.41 Å². The highest BCUT2D eigenvalue weighted by atomic mass is 14.8. The van der Waals surface area contributed by atoms with E-state index in [0.29, 0.717) is 0 Å². The fourth-order valence-corrected chi connectivity index (χ4v) is 0.250. The fraction of sp³-hybridized carbons (Fsp3) is 1.00. The van der Waals surface area contributed by atoms with Gasteiger partial charge in [0, 0.05) is 0 Å². The second kappa shape index (κ2) is 9.05. The molecule has 0 unspecified atom stereocenters. The highest BCUT2D eigenvalue weighted by Gasteiger charge is 2.30. The second-order valence-corrected chi connectivity index (χ2v) is 4.08. The Morgan fingerprint density at radius 2 is 1.25 bits per heavy atom. The fourth-order valence-electron chi connectivity index (χ4n) is 0.250. The van der Waals surface area contributed by atoms with Gasteiger partial charge >= 0.3 is 0 Å². The van der Waals surface area contributed by atoms with Gasteiger partial charge in [-0.3, -0.25) is 0 Å². The van der Waals surface area contributed by atoms with Gasteiger partial charge in [0.05, 0.1) is 0 Å². The minimum Gasteiger partial charge on any atom is -0.320 e. The molecule has 1 N–H and O–H groups in total. The Balaban J connectivity index is 0. The minimum absolute atomic E-state index is 0.750. The molecule has 1 saturated carbocycles. The van der Waals surface area contributed by atoms with E-state index in [-0.39, 0.29) is 0 Å². The van der Waals surface area contributed by atoms with E-state index < -0.39 is 0 Å². The molecule has 0 amide bonds. The molecule has 1 fully saturated rings. The quantitative estimate of drug-likeness (QED) is 0.640. The first-order valence-electron chi connectivity index (χ1n) is 5.18. The van der Waals surface area contributed by atoms with Crippen molar-refractivity contribution in [1.29, 1.82) is 0 Å². The minimum atomic E-state index is 0.750. The molecule has 12 heavy (non-hydrogen) atoms. The van der Waals surface area contributed by atoms with Crippen LogP contribution in [0.25, 0.3) is 0 Å². The lowest BCUT2D eigenvalue weighted by atomic mass is 10.2. The van der Waals surface area contributed by atoms with Gasteiger partial charge in [0.15, 0.2) is 0 Å². The largest absolute Gasteiger partial charge is 0.320 e. The zero-order valence-electron chi connectivity index (χ0n) is 9.83. The normalized spacial score (nSPS) is 16.5. The summed E-state index contributed by atoms with van der Waals surface area (Å²) < 4.78 is 0. The Kier molecular flexibility index (Phi) is 10.9. The van der Waals surface area contributed by atoms with E-state index in [1.807, 2.05) is 7.05 Å². The summed E-state index contributed by atoms with van der Waals surface area (Å²) >= 11 is 0. The third kappa shape index (κ3) is 22.5. The zero-order valence-corrected chi connectivity index (χ0v) is 9.83. The van der Waals surface area contributed by atoms with Gasteiger partial charge < -0.3 is 5.32 Å². The van der Waals surface area contributed by atoms with Crippen LogP contribution in [0, 0.1) is 5.41 Å². The van der Waals surface area contributed by atoms with Crippen LogP contribution < -0.4 is 5.32 Å². The lowest BCUT2D eigenvalue weighted by molar-refractivity contribution is 0.653. The summed E-state index contributed by atoms with van der Waals surface area (Å²) in [6.07, 6.45) is 4.15. The van der Waals surface area contributed by atoms with Crippen molar-refractivity contribution in [1.82, 2.24) is 5.32 Å². The maximum Gasteiger partial charge on any atom is -0.00804 e. The van der Waals surface area contributed by atoms with Crippen molar-refractivity contribution in [3.63, 3.8) is 0 Å². The number of hydrogen-bond donors (Lipinski definition) is 1. The summed E-state index contributed by atoms with van der Waals surface area (Å²) in [6, 6.07) is 0. The molecular weight excluding hydrogens is 146 g/mol. The van der Waals surface area contributed by atoms with Gasteiger partial charge in [0.2, 0.25) is 0 Å². The Morgan fingerprint density at radius 1 is 1.08 bits per heavy atom. The van der Waals surface area contributed by atoms with Crippen molar-refractivity contribution in [2.45, 2.75) is 53.9 Å². The summed E-state index contributed by atoms with van der Waals surface area (Å²) in [4.78, 5) is 0. The zero-order chi connectivity index (χ0) is 10.0. The van der Waals surface area contributed by atoms with E-state index in [1.165, 1.54) is 19.3 Å². The molecule has 0 aliphatic heterocycles. The molecule has 0 heterocycles. The van der Waals surface area contributed by atoms with Crippen LogP contribution in [0.2, 0.25) is 0 Å². The van der Waals surface area contributed by atoms with Crippen LogP contribution in [0.15, 0.2) is 0 Å². The van der Waals surface area contributed by atoms with Gasteiger partial charge in [-0.2, -0.15) is 0 Å². The first-order chi connectivity index (χ1) is 5.54. The topological polar surface area (TPSA) is 12.0 Å². The standard InChI is InChI=1S/C5H10.C3H9N.C3H8/c1-5(2)3-4-5;1-3-4-2;1-3-2/h3-4H2,1-2H3;4H,3H2,1-2H3;3H2,1-2H3.